The van der Waals surface area contributed by atoms with E-state index < -0.39 is 5.60 Å². The van der Waals surface area contributed by atoms with Crippen molar-refractivity contribution in [3.05, 3.63) is 35.4 Å². The molecule has 0 radical (unpaired) electrons. The maximum Gasteiger partial charge on any atom is 0.306 e. The predicted molar refractivity (Wildman–Crippen MR) is 356 cm³/mol. The molecular weight excluding hydrogens is 1090 g/mol. The summed E-state index contributed by atoms with van der Waals surface area (Å²) in [4.78, 5) is 12.1. The van der Waals surface area contributed by atoms with E-state index in [-0.39, 0.29) is 5.97 Å². The van der Waals surface area contributed by atoms with Crippen molar-refractivity contribution in [3.8, 4) is 415 Å². The van der Waals surface area contributed by atoms with Crippen molar-refractivity contribution in [1.82, 2.24) is 0 Å². The monoisotopic (exact) mass is 1120 g/mol. The van der Waals surface area contributed by atoms with Crippen LogP contribution in [0.25, 0.3) is 0 Å². The lowest BCUT2D eigenvalue weighted by Crippen LogP contribution is -2.26. The van der Waals surface area contributed by atoms with Gasteiger partial charge in [-0.05, 0) is 132 Å². The maximum atomic E-state index is 12.1. The number of fused-ring (bicyclic) bond motifs is 1. The molecule has 90 heavy (non-hydrogen) atoms. The molecule has 2 unspecified atom stereocenters. The standard InChI is InChI=1S/C70H2.C18H26O2/c1-3-5-7-9-11-13-15-17-19-21-23-25-27-29-31-33-35-37-39-41-43-45-47-49-51-53-55-57-59-61-63-65-67-69-70-68-66-64-62-60-58-56-54-52-50-48-46-44-42-40-38-36-34-32-30-28-26-24-22-20-18-16-14-12-10-8-6-4-2;1-4-5-6-7-12-17(19)20-18(3)13-14(2)15-10-8-9-11-16(15)18/h1-2H;8-11,14H,4-7,12-13H2,1-3H3. The zero-order valence-electron chi connectivity index (χ0n) is 48.1. The minimum absolute atomic E-state index is 0.0486. The molecule has 0 spiro atoms. The first-order chi connectivity index (χ1) is 44.5. The number of hydrogen-bond donors (Lipinski definition) is 0. The molecule has 0 aliphatic heterocycles. The Balaban J connectivity index is 0.00000169. The topological polar surface area (TPSA) is 26.3 Å². The number of carbonyl (C=O) groups excluding carboxylic acids is 1. The molecule has 0 N–H and O–H groups in total. The van der Waals surface area contributed by atoms with E-state index in [0.29, 0.717) is 12.3 Å². The van der Waals surface area contributed by atoms with Gasteiger partial charge in [-0.25, -0.2) is 0 Å². The van der Waals surface area contributed by atoms with Crippen molar-refractivity contribution in [2.75, 3.05) is 0 Å². The van der Waals surface area contributed by atoms with Gasteiger partial charge < -0.3 is 4.74 Å². The number of ether oxygens (including phenoxy) is 1. The van der Waals surface area contributed by atoms with Gasteiger partial charge in [-0.2, -0.15) is 0 Å². The normalized spacial score (nSPS) is 8.48. The molecule has 0 heterocycles. The Kier molecular flexibility index (Phi) is 45.2. The Morgan fingerprint density at radius 2 is 0.544 bits per heavy atom. The highest BCUT2D eigenvalue weighted by Gasteiger charge is 2.41. The van der Waals surface area contributed by atoms with E-state index in [9.17, 15) is 4.79 Å². The van der Waals surface area contributed by atoms with Crippen molar-refractivity contribution >= 4 is 5.97 Å². The van der Waals surface area contributed by atoms with E-state index in [2.05, 4.69) is 442 Å². The van der Waals surface area contributed by atoms with Gasteiger partial charge in [-0.1, -0.05) is 57.4 Å². The van der Waals surface area contributed by atoms with Crippen LogP contribution in [0.3, 0.4) is 0 Å². The average Bonchev–Trinajstić information content (AvgIpc) is 1.69. The number of unbranched alkanes of at least 4 members (excludes halogenated alkanes) is 3. The summed E-state index contributed by atoms with van der Waals surface area (Å²) in [6, 6.07) is 8.35. The molecule has 2 nitrogen and oxygen atoms in total. The average molecular weight is 1120 g/mol. The van der Waals surface area contributed by atoms with E-state index in [0.717, 1.165) is 19.3 Å². The first-order valence-electron chi connectivity index (χ1n) is 25.2. The second kappa shape index (κ2) is 57.0. The minimum Gasteiger partial charge on any atom is -0.454 e. The smallest absolute Gasteiger partial charge is 0.306 e. The van der Waals surface area contributed by atoms with E-state index in [4.69, 9.17) is 17.6 Å². The van der Waals surface area contributed by atoms with Gasteiger partial charge in [0.25, 0.3) is 0 Å². The van der Waals surface area contributed by atoms with Gasteiger partial charge >= 0.3 is 5.97 Å². The third kappa shape index (κ3) is 46.2. The fourth-order valence-corrected chi connectivity index (χ4v) is 5.38. The molecule has 1 aromatic rings. The molecule has 2 rings (SSSR count). The van der Waals surface area contributed by atoms with E-state index in [1.807, 2.05) is 6.07 Å². The van der Waals surface area contributed by atoms with Gasteiger partial charge in [-0.15, -0.1) is 12.8 Å². The number of carbonyl (C=O) groups is 1. The quantitative estimate of drug-likeness (QED) is 0.221. The predicted octanol–water partition coefficient (Wildman–Crippen LogP) is 5.29. The number of hydrogen-bond acceptors (Lipinski definition) is 2. The van der Waals surface area contributed by atoms with Gasteiger partial charge in [0.1, 0.15) is 5.60 Å². The molecule has 1 aromatic carbocycles. The van der Waals surface area contributed by atoms with Gasteiger partial charge in [0.05, 0.1) is 0 Å². The van der Waals surface area contributed by atoms with Gasteiger partial charge in [0.2, 0.25) is 0 Å². The van der Waals surface area contributed by atoms with Crippen LogP contribution in [0.5, 0.6) is 0 Å². The van der Waals surface area contributed by atoms with E-state index in [1.165, 1.54) is 24.0 Å². The van der Waals surface area contributed by atoms with Crippen molar-refractivity contribution in [2.24, 2.45) is 0 Å². The molecule has 0 saturated heterocycles. The Labute approximate surface area is 534 Å². The van der Waals surface area contributed by atoms with Gasteiger partial charge in [0, 0.05) is 314 Å². The zero-order valence-corrected chi connectivity index (χ0v) is 48.1. The number of terminal acetylenes is 2. The Morgan fingerprint density at radius 1 is 0.344 bits per heavy atom. The van der Waals surface area contributed by atoms with Crippen LogP contribution in [0.1, 0.15) is 76.3 Å². The SMILES string of the molecule is C#CC#CC#CC#CC#CC#CC#CC#CC#CC#CC#CC#CC#CC#CC#CC#CC#CC#CC#CC#CC#CC#CC#CC#CC#CC#CC#CC#CC#CC#CC#CC#CC#CC#CC#C.CCCCCCC(=O)OC1(C)CC(C)c2ccccc21. The maximum absolute atomic E-state index is 12.1. The number of benzene rings is 1. The van der Waals surface area contributed by atoms with Gasteiger partial charge in [-0.3, -0.25) is 4.79 Å². The molecule has 2 atom stereocenters. The highest BCUT2D eigenvalue weighted by Crippen LogP contribution is 2.46. The summed E-state index contributed by atoms with van der Waals surface area (Å²) in [6.45, 7) is 6.44. The summed E-state index contributed by atoms with van der Waals surface area (Å²) >= 11 is 0. The first kappa shape index (κ1) is 71.3. The van der Waals surface area contributed by atoms with Crippen LogP contribution >= 0.6 is 0 Å². The molecule has 392 valence electrons. The van der Waals surface area contributed by atoms with Crippen LogP contribution < -0.4 is 0 Å². The fourth-order valence-electron chi connectivity index (χ4n) is 5.38. The molecular formula is C88H28O2. The molecule has 0 saturated carbocycles. The minimum atomic E-state index is -0.433. The fraction of sp³-hybridized carbons (Fsp3) is 0.125. The number of rotatable bonds is 6. The van der Waals surface area contributed by atoms with Crippen LogP contribution in [-0.4, -0.2) is 5.97 Å². The first-order valence-corrected chi connectivity index (χ1v) is 25.2. The summed E-state index contributed by atoms with van der Waals surface area (Å²) in [5.41, 5.74) is 2.08. The van der Waals surface area contributed by atoms with Crippen LogP contribution in [-0.2, 0) is 15.1 Å². The third-order valence-corrected chi connectivity index (χ3v) is 8.54. The summed E-state index contributed by atoms with van der Waals surface area (Å²) in [5, 5.41) is 0. The highest BCUT2D eigenvalue weighted by atomic mass is 16.6. The Bertz CT molecular complexity index is 5170. The summed E-state index contributed by atoms with van der Waals surface area (Å²) < 4.78 is 5.84. The van der Waals surface area contributed by atoms with Crippen LogP contribution in [0.4, 0.5) is 0 Å². The second-order valence-corrected chi connectivity index (χ2v) is 14.7. The van der Waals surface area contributed by atoms with E-state index in [1.54, 1.807) is 0 Å². The lowest BCUT2D eigenvalue weighted by atomic mass is 9.98. The summed E-state index contributed by atoms with van der Waals surface area (Å²) in [5.74, 6) is 169. The number of esters is 1. The molecule has 0 aromatic heterocycles. The Hall–Kier alpha value is -16.7. The van der Waals surface area contributed by atoms with Crippen molar-refractivity contribution in [3.63, 3.8) is 0 Å². The zero-order chi connectivity index (χ0) is 64.7. The molecule has 1 aliphatic carbocycles. The van der Waals surface area contributed by atoms with Crippen molar-refractivity contribution in [2.45, 2.75) is 70.8 Å². The lowest BCUT2D eigenvalue weighted by Gasteiger charge is -2.26. The lowest BCUT2D eigenvalue weighted by molar-refractivity contribution is -0.159. The van der Waals surface area contributed by atoms with Crippen LogP contribution in [0.15, 0.2) is 24.3 Å². The third-order valence-electron chi connectivity index (χ3n) is 8.54. The molecule has 0 amide bonds. The molecule has 0 bridgehead atoms. The molecule has 2 heteroatoms. The second-order valence-electron chi connectivity index (χ2n) is 14.7. The highest BCUT2D eigenvalue weighted by molar-refractivity contribution is 5.70. The molecule has 1 aliphatic rings. The van der Waals surface area contributed by atoms with Crippen molar-refractivity contribution < 1.29 is 9.53 Å². The Morgan fingerprint density at radius 3 is 0.744 bits per heavy atom. The van der Waals surface area contributed by atoms with E-state index >= 15 is 0 Å². The summed E-state index contributed by atoms with van der Waals surface area (Å²) in [7, 11) is 0. The van der Waals surface area contributed by atoms with Crippen molar-refractivity contribution in [1.29, 1.82) is 0 Å². The van der Waals surface area contributed by atoms with Crippen LogP contribution in [0, 0.1) is 415 Å². The largest absolute Gasteiger partial charge is 0.454 e. The van der Waals surface area contributed by atoms with Gasteiger partial charge in [0.15, 0.2) is 0 Å². The van der Waals surface area contributed by atoms with Crippen LogP contribution in [0.2, 0.25) is 0 Å². The molecule has 0 fully saturated rings. The summed E-state index contributed by atoms with van der Waals surface area (Å²) in [6.07, 6.45) is 15.8.